The zero-order valence-corrected chi connectivity index (χ0v) is 17.0. The highest BCUT2D eigenvalue weighted by atomic mass is 32.1. The van der Waals surface area contributed by atoms with E-state index in [4.69, 9.17) is 9.84 Å². The highest BCUT2D eigenvalue weighted by Gasteiger charge is 2.29. The lowest BCUT2D eigenvalue weighted by molar-refractivity contribution is -0.143. The van der Waals surface area contributed by atoms with Crippen molar-refractivity contribution in [1.29, 1.82) is 0 Å². The molecule has 2 amide bonds. The predicted octanol–water partition coefficient (Wildman–Crippen LogP) is 3.56. The lowest BCUT2D eigenvalue weighted by Gasteiger charge is -2.21. The van der Waals surface area contributed by atoms with Gasteiger partial charge in [-0.25, -0.2) is 4.79 Å². The molecule has 1 aromatic carbocycles. The molecule has 3 rings (SSSR count). The lowest BCUT2D eigenvalue weighted by atomic mass is 9.85. The molecule has 7 nitrogen and oxygen atoms in total. The summed E-state index contributed by atoms with van der Waals surface area (Å²) >= 11 is 1.42. The minimum Gasteiger partial charge on any atom is -0.480 e. The van der Waals surface area contributed by atoms with Gasteiger partial charge in [0.25, 0.3) is 11.8 Å². The number of rotatable bonds is 8. The van der Waals surface area contributed by atoms with E-state index in [9.17, 15) is 14.4 Å². The first kappa shape index (κ1) is 21.0. The Morgan fingerprint density at radius 2 is 1.93 bits per heavy atom. The van der Waals surface area contributed by atoms with Crippen molar-refractivity contribution in [3.8, 4) is 0 Å². The summed E-state index contributed by atoms with van der Waals surface area (Å²) in [7, 11) is 0. The van der Waals surface area contributed by atoms with Gasteiger partial charge in [0, 0.05) is 10.6 Å². The summed E-state index contributed by atoms with van der Waals surface area (Å²) in [5, 5.41) is 14.8. The van der Waals surface area contributed by atoms with Crippen LogP contribution in [0, 0.1) is 5.92 Å². The number of fused-ring (bicyclic) bond motifs is 1. The number of carbonyl (C=O) groups is 3. The Hall–Kier alpha value is -2.71. The van der Waals surface area contributed by atoms with E-state index in [2.05, 4.69) is 17.6 Å². The van der Waals surface area contributed by atoms with Gasteiger partial charge >= 0.3 is 5.97 Å². The van der Waals surface area contributed by atoms with E-state index in [0.29, 0.717) is 22.2 Å². The molecule has 1 unspecified atom stereocenters. The van der Waals surface area contributed by atoms with Gasteiger partial charge in [0.05, 0.1) is 5.56 Å². The topological polar surface area (TPSA) is 105 Å². The number of benzene rings is 1. The van der Waals surface area contributed by atoms with Crippen LogP contribution < -0.4 is 10.6 Å². The fourth-order valence-corrected chi connectivity index (χ4v) is 4.82. The molecule has 0 saturated heterocycles. The van der Waals surface area contributed by atoms with E-state index < -0.39 is 18.5 Å². The average Bonchev–Trinajstić information content (AvgIpc) is 3.05. The Morgan fingerprint density at radius 3 is 2.62 bits per heavy atom. The summed E-state index contributed by atoms with van der Waals surface area (Å²) in [6.45, 7) is 1.23. The maximum atomic E-state index is 13.0. The van der Waals surface area contributed by atoms with Crippen LogP contribution in [0.25, 0.3) is 0 Å². The van der Waals surface area contributed by atoms with E-state index in [1.807, 2.05) is 30.3 Å². The van der Waals surface area contributed by atoms with E-state index in [1.165, 1.54) is 11.3 Å². The van der Waals surface area contributed by atoms with Gasteiger partial charge in [0.15, 0.2) is 0 Å². The van der Waals surface area contributed by atoms with Gasteiger partial charge in [-0.1, -0.05) is 31.5 Å². The standard InChI is InChI=1S/C21H24N2O5S/c1-2-13-8-9-15-16(10-13)29-21(23-17(24)11-28-12-18(25)26)19(15)20(27)22-14-6-4-3-5-7-14/h3-7,13H,2,8-12H2,1H3,(H,22,27)(H,23,24)(H,25,26). The van der Waals surface area contributed by atoms with Gasteiger partial charge in [0.2, 0.25) is 0 Å². The number of para-hydroxylation sites is 1. The number of anilines is 2. The monoisotopic (exact) mass is 416 g/mol. The molecule has 8 heteroatoms. The normalized spacial score (nSPS) is 15.4. The fraction of sp³-hybridized carbons (Fsp3) is 0.381. The number of carboxylic acid groups (broad SMARTS) is 1. The molecule has 1 heterocycles. The third-order valence-electron chi connectivity index (χ3n) is 4.92. The average molecular weight is 416 g/mol. The third-order valence-corrected chi connectivity index (χ3v) is 6.08. The Kier molecular flexibility index (Phi) is 7.00. The molecule has 2 aromatic rings. The highest BCUT2D eigenvalue weighted by Crippen LogP contribution is 2.40. The van der Waals surface area contributed by atoms with Crippen molar-refractivity contribution in [3.05, 3.63) is 46.3 Å². The molecule has 154 valence electrons. The van der Waals surface area contributed by atoms with Crippen LogP contribution in [-0.4, -0.2) is 36.1 Å². The number of aliphatic carboxylic acids is 1. The van der Waals surface area contributed by atoms with Crippen LogP contribution in [0.1, 0.15) is 40.6 Å². The van der Waals surface area contributed by atoms with Gasteiger partial charge in [-0.3, -0.25) is 9.59 Å². The summed E-state index contributed by atoms with van der Waals surface area (Å²) in [6, 6.07) is 9.17. The quantitative estimate of drug-likeness (QED) is 0.610. The zero-order chi connectivity index (χ0) is 20.8. The largest absolute Gasteiger partial charge is 0.480 e. The molecule has 0 aliphatic heterocycles. The van der Waals surface area contributed by atoms with Crippen molar-refractivity contribution in [2.24, 2.45) is 5.92 Å². The molecule has 1 aliphatic carbocycles. The number of hydrogen-bond acceptors (Lipinski definition) is 5. The Labute approximate surface area is 173 Å². The number of nitrogens with one attached hydrogen (secondary N) is 2. The number of carboxylic acids is 1. The maximum absolute atomic E-state index is 13.0. The summed E-state index contributed by atoms with van der Waals surface area (Å²) < 4.78 is 4.85. The van der Waals surface area contributed by atoms with Gasteiger partial charge in [-0.15, -0.1) is 11.3 Å². The SMILES string of the molecule is CCC1CCc2c(sc(NC(=O)COCC(=O)O)c2C(=O)Nc2ccccc2)C1. The molecule has 0 radical (unpaired) electrons. The van der Waals surface area contributed by atoms with Gasteiger partial charge in [-0.05, 0) is 42.9 Å². The molecular weight excluding hydrogens is 392 g/mol. The molecule has 1 aliphatic rings. The first-order valence-electron chi connectivity index (χ1n) is 9.58. The number of carbonyl (C=O) groups excluding carboxylic acids is 2. The summed E-state index contributed by atoms with van der Waals surface area (Å²) in [5.41, 5.74) is 2.17. The molecular formula is C21H24N2O5S. The lowest BCUT2D eigenvalue weighted by Crippen LogP contribution is -2.23. The van der Waals surface area contributed by atoms with Crippen molar-refractivity contribution in [3.63, 3.8) is 0 Å². The van der Waals surface area contributed by atoms with Crippen molar-refractivity contribution in [2.45, 2.75) is 32.6 Å². The van der Waals surface area contributed by atoms with Crippen LogP contribution >= 0.6 is 11.3 Å². The second kappa shape index (κ2) is 9.67. The fourth-order valence-electron chi connectivity index (χ4n) is 3.44. The summed E-state index contributed by atoms with van der Waals surface area (Å²) in [4.78, 5) is 36.9. The van der Waals surface area contributed by atoms with E-state index >= 15 is 0 Å². The van der Waals surface area contributed by atoms with Crippen LogP contribution in [0.3, 0.4) is 0 Å². The van der Waals surface area contributed by atoms with Crippen molar-refractivity contribution in [1.82, 2.24) is 0 Å². The van der Waals surface area contributed by atoms with Crippen molar-refractivity contribution >= 4 is 39.8 Å². The molecule has 0 fully saturated rings. The Bertz CT molecular complexity index is 894. The number of amides is 2. The minimum atomic E-state index is -1.14. The van der Waals surface area contributed by atoms with Crippen LogP contribution in [0.5, 0.6) is 0 Å². The van der Waals surface area contributed by atoms with Crippen molar-refractivity contribution < 1.29 is 24.2 Å². The molecule has 1 aromatic heterocycles. The van der Waals surface area contributed by atoms with Crippen LogP contribution in [0.2, 0.25) is 0 Å². The number of hydrogen-bond donors (Lipinski definition) is 3. The van der Waals surface area contributed by atoms with E-state index in [-0.39, 0.29) is 12.5 Å². The van der Waals surface area contributed by atoms with Gasteiger partial charge < -0.3 is 20.5 Å². The molecule has 29 heavy (non-hydrogen) atoms. The van der Waals surface area contributed by atoms with E-state index in [0.717, 1.165) is 36.1 Å². The smallest absolute Gasteiger partial charge is 0.329 e. The van der Waals surface area contributed by atoms with Gasteiger partial charge in [-0.2, -0.15) is 0 Å². The van der Waals surface area contributed by atoms with Crippen LogP contribution in [-0.2, 0) is 27.2 Å². The highest BCUT2D eigenvalue weighted by molar-refractivity contribution is 7.17. The molecule has 0 spiro atoms. The van der Waals surface area contributed by atoms with Crippen molar-refractivity contribution in [2.75, 3.05) is 23.8 Å². The minimum absolute atomic E-state index is 0.259. The molecule has 0 saturated carbocycles. The molecule has 3 N–H and O–H groups in total. The second-order valence-electron chi connectivity index (χ2n) is 6.98. The predicted molar refractivity (Wildman–Crippen MR) is 112 cm³/mol. The second-order valence-corrected chi connectivity index (χ2v) is 8.09. The molecule has 1 atom stereocenters. The first-order valence-corrected chi connectivity index (χ1v) is 10.4. The van der Waals surface area contributed by atoms with Crippen LogP contribution in [0.4, 0.5) is 10.7 Å². The third kappa shape index (κ3) is 5.42. The Balaban J connectivity index is 1.82. The van der Waals surface area contributed by atoms with Gasteiger partial charge in [0.1, 0.15) is 18.2 Å². The maximum Gasteiger partial charge on any atom is 0.329 e. The Morgan fingerprint density at radius 1 is 1.17 bits per heavy atom. The molecule has 0 bridgehead atoms. The van der Waals surface area contributed by atoms with E-state index in [1.54, 1.807) is 0 Å². The zero-order valence-electron chi connectivity index (χ0n) is 16.2. The summed E-state index contributed by atoms with van der Waals surface area (Å²) in [5.74, 6) is -1.30. The first-order chi connectivity index (χ1) is 14.0. The number of thiophene rings is 1. The summed E-state index contributed by atoms with van der Waals surface area (Å²) in [6.07, 6.45) is 3.79. The number of ether oxygens (including phenoxy) is 1. The van der Waals surface area contributed by atoms with Crippen LogP contribution in [0.15, 0.2) is 30.3 Å².